The second-order valence-corrected chi connectivity index (χ2v) is 6.80. The molecule has 1 fully saturated rings. The number of ether oxygens (including phenoxy) is 1. The Morgan fingerprint density at radius 1 is 1.45 bits per heavy atom. The maximum absolute atomic E-state index is 12.6. The monoisotopic (exact) mass is 308 g/mol. The van der Waals surface area contributed by atoms with Gasteiger partial charge in [0, 0.05) is 24.7 Å². The van der Waals surface area contributed by atoms with Crippen LogP contribution in [0.1, 0.15) is 43.9 Å². The third-order valence-electron chi connectivity index (χ3n) is 3.87. The fraction of sp³-hybridized carbons (Fsp3) is 0.667. The molecule has 2 N–H and O–H groups in total. The minimum atomic E-state index is -1.02. The van der Waals surface area contributed by atoms with Crippen molar-refractivity contribution < 1.29 is 14.3 Å². The largest absolute Gasteiger partial charge is 0.362 e. The maximum Gasteiger partial charge on any atom is 0.274 e. The Balaban J connectivity index is 2.16. The van der Waals surface area contributed by atoms with E-state index in [1.807, 2.05) is 20.8 Å². The Kier molecular flexibility index (Phi) is 4.28. The summed E-state index contributed by atoms with van der Waals surface area (Å²) in [4.78, 5) is 26.1. The molecule has 0 aromatic carbocycles. The highest BCUT2D eigenvalue weighted by Gasteiger charge is 2.40. The van der Waals surface area contributed by atoms with Crippen LogP contribution < -0.4 is 5.32 Å². The number of hydrogen-bond donors (Lipinski definition) is 2. The fourth-order valence-corrected chi connectivity index (χ4v) is 2.42. The average molecular weight is 308 g/mol. The van der Waals surface area contributed by atoms with Crippen molar-refractivity contribution in [1.82, 2.24) is 20.4 Å². The molecular weight excluding hydrogens is 284 g/mol. The summed E-state index contributed by atoms with van der Waals surface area (Å²) < 4.78 is 5.56. The first kappa shape index (κ1) is 16.5. The Hall–Kier alpha value is -1.89. The molecule has 1 atom stereocenters. The molecule has 2 amide bonds. The van der Waals surface area contributed by atoms with Crippen LogP contribution in [0.2, 0.25) is 0 Å². The molecule has 122 valence electrons. The van der Waals surface area contributed by atoms with Crippen LogP contribution >= 0.6 is 0 Å². The molecule has 7 nitrogen and oxygen atoms in total. The molecule has 0 aliphatic carbocycles. The zero-order valence-corrected chi connectivity index (χ0v) is 13.8. The van der Waals surface area contributed by atoms with Crippen LogP contribution in [0.25, 0.3) is 0 Å². The van der Waals surface area contributed by atoms with Crippen molar-refractivity contribution >= 4 is 11.8 Å². The van der Waals surface area contributed by atoms with E-state index >= 15 is 0 Å². The summed E-state index contributed by atoms with van der Waals surface area (Å²) in [6, 6.07) is 1.77. The molecule has 1 aromatic rings. The van der Waals surface area contributed by atoms with E-state index in [9.17, 15) is 9.59 Å². The lowest BCUT2D eigenvalue weighted by molar-refractivity contribution is -0.153. The van der Waals surface area contributed by atoms with Crippen molar-refractivity contribution in [3.05, 3.63) is 17.5 Å². The van der Waals surface area contributed by atoms with E-state index in [0.717, 1.165) is 5.69 Å². The molecule has 0 unspecified atom stereocenters. The number of morpholine rings is 1. The van der Waals surface area contributed by atoms with E-state index in [2.05, 4.69) is 15.5 Å². The number of amides is 2. The second-order valence-electron chi connectivity index (χ2n) is 6.80. The van der Waals surface area contributed by atoms with Gasteiger partial charge in [0.25, 0.3) is 11.8 Å². The smallest absolute Gasteiger partial charge is 0.274 e. The molecule has 22 heavy (non-hydrogen) atoms. The number of hydrogen-bond acceptors (Lipinski definition) is 4. The summed E-state index contributed by atoms with van der Waals surface area (Å²) in [7, 11) is 1.56. The van der Waals surface area contributed by atoms with Gasteiger partial charge in [-0.05, 0) is 13.0 Å². The molecule has 2 rings (SSSR count). The fourth-order valence-electron chi connectivity index (χ4n) is 2.42. The van der Waals surface area contributed by atoms with Crippen molar-refractivity contribution in [2.24, 2.45) is 0 Å². The third-order valence-corrected chi connectivity index (χ3v) is 3.87. The topological polar surface area (TPSA) is 87.3 Å². The van der Waals surface area contributed by atoms with E-state index < -0.39 is 5.60 Å². The van der Waals surface area contributed by atoms with E-state index in [4.69, 9.17) is 4.74 Å². The molecule has 7 heteroatoms. The lowest BCUT2D eigenvalue weighted by atomic mass is 9.92. The van der Waals surface area contributed by atoms with Gasteiger partial charge in [-0.3, -0.25) is 14.7 Å². The predicted molar refractivity (Wildman–Crippen MR) is 81.6 cm³/mol. The van der Waals surface area contributed by atoms with Crippen molar-refractivity contribution in [3.63, 3.8) is 0 Å². The highest BCUT2D eigenvalue weighted by Crippen LogP contribution is 2.23. The maximum atomic E-state index is 12.6. The number of nitrogens with one attached hydrogen (secondary N) is 2. The first-order valence-electron chi connectivity index (χ1n) is 7.39. The van der Waals surface area contributed by atoms with Crippen LogP contribution in [0.5, 0.6) is 0 Å². The molecule has 1 aliphatic heterocycles. The van der Waals surface area contributed by atoms with E-state index in [0.29, 0.717) is 18.8 Å². The van der Waals surface area contributed by atoms with Gasteiger partial charge < -0.3 is 15.0 Å². The van der Waals surface area contributed by atoms with E-state index in [1.54, 1.807) is 24.9 Å². The van der Waals surface area contributed by atoms with Gasteiger partial charge in [0.15, 0.2) is 5.60 Å². The zero-order chi connectivity index (χ0) is 16.5. The lowest BCUT2D eigenvalue weighted by Crippen LogP contribution is -2.58. The number of nitrogens with zero attached hydrogens (tertiary/aromatic N) is 2. The van der Waals surface area contributed by atoms with E-state index in [1.165, 1.54) is 0 Å². The Labute approximate surface area is 130 Å². The summed E-state index contributed by atoms with van der Waals surface area (Å²) in [6.45, 7) is 8.82. The van der Waals surface area contributed by atoms with E-state index in [-0.39, 0.29) is 23.8 Å². The number of carbonyl (C=O) groups excluding carboxylic acids is 2. The van der Waals surface area contributed by atoms with Gasteiger partial charge >= 0.3 is 0 Å². The van der Waals surface area contributed by atoms with Crippen LogP contribution in [0.15, 0.2) is 6.07 Å². The lowest BCUT2D eigenvalue weighted by Gasteiger charge is -2.38. The van der Waals surface area contributed by atoms with Crippen molar-refractivity contribution in [1.29, 1.82) is 0 Å². The molecule has 1 aromatic heterocycles. The standard InChI is InChI=1S/C15H24N4O3/c1-14(2,3)11-8-10(17-18-11)12(20)19-6-7-22-15(4,9-19)13(21)16-5/h8H,6-7,9H2,1-5H3,(H,16,21)(H,17,18)/t15-/m0/s1. The molecule has 0 bridgehead atoms. The number of likely N-dealkylation sites (N-methyl/N-ethyl adjacent to an activating group) is 1. The number of H-pyrrole nitrogens is 1. The molecule has 2 heterocycles. The normalized spacial score (nSPS) is 22.5. The van der Waals surface area contributed by atoms with Crippen LogP contribution in [0.3, 0.4) is 0 Å². The van der Waals surface area contributed by atoms with Crippen LogP contribution in [-0.2, 0) is 14.9 Å². The SMILES string of the molecule is CNC(=O)[C@]1(C)CN(C(=O)c2cc(C(C)(C)C)[nH]n2)CCO1. The average Bonchev–Trinajstić information content (AvgIpc) is 2.95. The molecular formula is C15H24N4O3. The quantitative estimate of drug-likeness (QED) is 0.841. The Morgan fingerprint density at radius 2 is 2.14 bits per heavy atom. The van der Waals surface area contributed by atoms with Gasteiger partial charge in [-0.2, -0.15) is 5.10 Å². The summed E-state index contributed by atoms with van der Waals surface area (Å²) in [5, 5.41) is 9.60. The van der Waals surface area contributed by atoms with Crippen molar-refractivity contribution in [2.45, 2.75) is 38.7 Å². The van der Waals surface area contributed by atoms with Crippen molar-refractivity contribution in [2.75, 3.05) is 26.7 Å². The first-order chi connectivity index (χ1) is 10.2. The van der Waals surface area contributed by atoms with Gasteiger partial charge in [-0.25, -0.2) is 0 Å². The van der Waals surface area contributed by atoms with Gasteiger partial charge in [0.05, 0.1) is 13.2 Å². The van der Waals surface area contributed by atoms with Crippen LogP contribution in [-0.4, -0.2) is 59.3 Å². The summed E-state index contributed by atoms with van der Waals surface area (Å²) in [6.07, 6.45) is 0. The van der Waals surface area contributed by atoms with Gasteiger partial charge in [-0.1, -0.05) is 20.8 Å². The van der Waals surface area contributed by atoms with Crippen LogP contribution in [0.4, 0.5) is 0 Å². The second kappa shape index (κ2) is 5.72. The molecule has 0 saturated carbocycles. The predicted octanol–water partition coefficient (Wildman–Crippen LogP) is 0.684. The number of rotatable bonds is 2. The van der Waals surface area contributed by atoms with Gasteiger partial charge in [-0.15, -0.1) is 0 Å². The number of aromatic nitrogens is 2. The molecule has 1 saturated heterocycles. The minimum Gasteiger partial charge on any atom is -0.362 e. The first-order valence-corrected chi connectivity index (χ1v) is 7.39. The summed E-state index contributed by atoms with van der Waals surface area (Å²) in [5.74, 6) is -0.424. The summed E-state index contributed by atoms with van der Waals surface area (Å²) in [5.41, 5.74) is 0.142. The zero-order valence-electron chi connectivity index (χ0n) is 13.8. The minimum absolute atomic E-state index is 0.104. The Bertz CT molecular complexity index is 576. The molecule has 0 spiro atoms. The third kappa shape index (κ3) is 3.14. The highest BCUT2D eigenvalue weighted by atomic mass is 16.5. The van der Waals surface area contributed by atoms with Gasteiger partial charge in [0.2, 0.25) is 0 Å². The highest BCUT2D eigenvalue weighted by molar-refractivity contribution is 5.93. The Morgan fingerprint density at radius 3 is 2.68 bits per heavy atom. The number of aromatic amines is 1. The summed E-state index contributed by atoms with van der Waals surface area (Å²) >= 11 is 0. The van der Waals surface area contributed by atoms with Gasteiger partial charge in [0.1, 0.15) is 5.69 Å². The molecule has 0 radical (unpaired) electrons. The molecule has 1 aliphatic rings. The van der Waals surface area contributed by atoms with Crippen LogP contribution in [0, 0.1) is 0 Å². The number of carbonyl (C=O) groups is 2. The van der Waals surface area contributed by atoms with Crippen molar-refractivity contribution in [3.8, 4) is 0 Å².